The molecule has 2 aromatic rings. The zero-order valence-corrected chi connectivity index (χ0v) is 14.5. The van der Waals surface area contributed by atoms with Crippen molar-refractivity contribution in [3.05, 3.63) is 29.8 Å². The Hall–Kier alpha value is -2.02. The predicted molar refractivity (Wildman–Crippen MR) is 91.5 cm³/mol. The van der Waals surface area contributed by atoms with Crippen LogP contribution < -0.4 is 5.84 Å². The molecule has 2 N–H and O–H groups in total. The van der Waals surface area contributed by atoms with Gasteiger partial charge in [-0.1, -0.05) is 54.9 Å². The summed E-state index contributed by atoms with van der Waals surface area (Å²) >= 11 is 1.24. The first-order chi connectivity index (χ1) is 11.0. The van der Waals surface area contributed by atoms with Crippen LogP contribution in [-0.2, 0) is 9.53 Å². The Balaban J connectivity index is 2.04. The largest absolute Gasteiger partial charge is 0.465 e. The quantitative estimate of drug-likeness (QED) is 0.363. The maximum atomic E-state index is 11.9. The lowest BCUT2D eigenvalue weighted by Gasteiger charge is -2.10. The second-order valence-corrected chi connectivity index (χ2v) is 6.63. The standard InChI is InChI=1S/C16H22N4O2S/c1-4-5-10-22-15(21)12(3)23-16-19-18-14(20(16)17)13-8-6-11(2)7-9-13/h6-9,12H,4-5,10,17H2,1-3H3. The van der Waals surface area contributed by atoms with E-state index in [4.69, 9.17) is 10.6 Å². The molecule has 1 heterocycles. The van der Waals surface area contributed by atoms with Gasteiger partial charge in [0.25, 0.3) is 0 Å². The van der Waals surface area contributed by atoms with E-state index >= 15 is 0 Å². The van der Waals surface area contributed by atoms with Crippen LogP contribution in [-0.4, -0.2) is 32.7 Å². The number of unbranched alkanes of at least 4 members (excludes halogenated alkanes) is 1. The van der Waals surface area contributed by atoms with Crippen LogP contribution in [0.5, 0.6) is 0 Å². The van der Waals surface area contributed by atoms with E-state index in [1.165, 1.54) is 16.4 Å². The van der Waals surface area contributed by atoms with Crippen LogP contribution in [0, 0.1) is 6.92 Å². The summed E-state index contributed by atoms with van der Waals surface area (Å²) in [5.41, 5.74) is 2.05. The number of carbonyl (C=O) groups excluding carboxylic acids is 1. The van der Waals surface area contributed by atoms with Gasteiger partial charge in [-0.2, -0.15) is 0 Å². The molecule has 7 heteroatoms. The minimum absolute atomic E-state index is 0.261. The summed E-state index contributed by atoms with van der Waals surface area (Å²) in [6, 6.07) is 7.87. The number of hydrogen-bond donors (Lipinski definition) is 1. The van der Waals surface area contributed by atoms with Crippen molar-refractivity contribution >= 4 is 17.7 Å². The number of aromatic nitrogens is 3. The lowest BCUT2D eigenvalue weighted by Crippen LogP contribution is -2.19. The zero-order valence-electron chi connectivity index (χ0n) is 13.7. The Morgan fingerprint density at radius 1 is 1.35 bits per heavy atom. The number of ether oxygens (including phenoxy) is 1. The maximum absolute atomic E-state index is 11.9. The third-order valence-electron chi connectivity index (χ3n) is 3.33. The molecule has 6 nitrogen and oxygen atoms in total. The minimum atomic E-state index is -0.385. The number of hydrogen-bond acceptors (Lipinski definition) is 6. The van der Waals surface area contributed by atoms with Crippen molar-refractivity contribution in [2.75, 3.05) is 12.4 Å². The van der Waals surface area contributed by atoms with Gasteiger partial charge in [0.2, 0.25) is 5.16 Å². The molecule has 1 aromatic heterocycles. The molecule has 2 rings (SSSR count). The molecule has 0 aliphatic carbocycles. The van der Waals surface area contributed by atoms with Gasteiger partial charge < -0.3 is 10.6 Å². The van der Waals surface area contributed by atoms with Gasteiger partial charge in [-0.15, -0.1) is 10.2 Å². The van der Waals surface area contributed by atoms with Crippen molar-refractivity contribution < 1.29 is 9.53 Å². The number of benzene rings is 1. The molecule has 124 valence electrons. The summed E-state index contributed by atoms with van der Waals surface area (Å²) < 4.78 is 6.61. The van der Waals surface area contributed by atoms with Crippen LogP contribution in [0.25, 0.3) is 11.4 Å². The normalized spacial score (nSPS) is 12.1. The fraction of sp³-hybridized carbons (Fsp3) is 0.438. The molecule has 0 saturated heterocycles. The number of nitrogen functional groups attached to an aromatic ring is 1. The minimum Gasteiger partial charge on any atom is -0.465 e. The molecule has 1 unspecified atom stereocenters. The molecule has 1 atom stereocenters. The Labute approximate surface area is 140 Å². The van der Waals surface area contributed by atoms with Gasteiger partial charge in [-0.25, -0.2) is 4.68 Å². The van der Waals surface area contributed by atoms with Crippen molar-refractivity contribution in [1.82, 2.24) is 14.9 Å². The Morgan fingerprint density at radius 3 is 2.70 bits per heavy atom. The third-order valence-corrected chi connectivity index (χ3v) is 4.37. The summed E-state index contributed by atoms with van der Waals surface area (Å²) in [6.45, 7) is 6.29. The first-order valence-electron chi connectivity index (χ1n) is 7.63. The molecular formula is C16H22N4O2S. The van der Waals surface area contributed by atoms with Crippen LogP contribution in [0.15, 0.2) is 29.4 Å². The summed E-state index contributed by atoms with van der Waals surface area (Å²) in [4.78, 5) is 11.9. The van der Waals surface area contributed by atoms with Gasteiger partial charge in [0.1, 0.15) is 5.25 Å². The highest BCUT2D eigenvalue weighted by Crippen LogP contribution is 2.25. The Kier molecular flexibility index (Phi) is 6.04. The van der Waals surface area contributed by atoms with E-state index in [0.717, 1.165) is 24.0 Å². The molecule has 23 heavy (non-hydrogen) atoms. The second kappa shape index (κ2) is 8.01. The fourth-order valence-electron chi connectivity index (χ4n) is 1.90. The smallest absolute Gasteiger partial charge is 0.319 e. The van der Waals surface area contributed by atoms with Crippen LogP contribution >= 0.6 is 11.8 Å². The van der Waals surface area contributed by atoms with E-state index in [1.54, 1.807) is 6.92 Å². The fourth-order valence-corrected chi connectivity index (χ4v) is 2.67. The van der Waals surface area contributed by atoms with Crippen molar-refractivity contribution in [2.45, 2.75) is 44.0 Å². The van der Waals surface area contributed by atoms with E-state index in [0.29, 0.717) is 17.6 Å². The predicted octanol–water partition coefficient (Wildman–Crippen LogP) is 2.79. The Bertz CT molecular complexity index is 655. The topological polar surface area (TPSA) is 83.0 Å². The maximum Gasteiger partial charge on any atom is 0.319 e. The van der Waals surface area contributed by atoms with E-state index in [2.05, 4.69) is 17.1 Å². The van der Waals surface area contributed by atoms with Gasteiger partial charge >= 0.3 is 5.97 Å². The zero-order chi connectivity index (χ0) is 16.8. The second-order valence-electron chi connectivity index (χ2n) is 5.32. The molecule has 0 bridgehead atoms. The van der Waals surface area contributed by atoms with Gasteiger partial charge in [-0.3, -0.25) is 4.79 Å². The van der Waals surface area contributed by atoms with E-state index in [1.807, 2.05) is 31.2 Å². The highest BCUT2D eigenvalue weighted by Gasteiger charge is 2.20. The van der Waals surface area contributed by atoms with Gasteiger partial charge in [0, 0.05) is 5.56 Å². The molecule has 0 amide bonds. The average Bonchev–Trinajstić information content (AvgIpc) is 2.89. The van der Waals surface area contributed by atoms with Crippen molar-refractivity contribution in [3.8, 4) is 11.4 Å². The van der Waals surface area contributed by atoms with Gasteiger partial charge in [0.05, 0.1) is 6.61 Å². The SMILES string of the molecule is CCCCOC(=O)C(C)Sc1nnc(-c2ccc(C)cc2)n1N. The van der Waals surface area contributed by atoms with Gasteiger partial charge in [0.15, 0.2) is 5.82 Å². The molecule has 0 aliphatic heterocycles. The summed E-state index contributed by atoms with van der Waals surface area (Å²) in [5.74, 6) is 6.37. The van der Waals surface area contributed by atoms with E-state index in [9.17, 15) is 4.79 Å². The highest BCUT2D eigenvalue weighted by molar-refractivity contribution is 8.00. The molecular weight excluding hydrogens is 312 g/mol. The molecule has 0 radical (unpaired) electrons. The number of nitrogens with two attached hydrogens (primary N) is 1. The number of esters is 1. The third kappa shape index (κ3) is 4.48. The summed E-state index contributed by atoms with van der Waals surface area (Å²) in [7, 11) is 0. The number of aryl methyl sites for hydroxylation is 1. The van der Waals surface area contributed by atoms with Crippen LogP contribution in [0.2, 0.25) is 0 Å². The van der Waals surface area contributed by atoms with Crippen molar-refractivity contribution in [2.24, 2.45) is 0 Å². The lowest BCUT2D eigenvalue weighted by atomic mass is 10.1. The number of thioether (sulfide) groups is 1. The van der Waals surface area contributed by atoms with Crippen LogP contribution in [0.4, 0.5) is 0 Å². The highest BCUT2D eigenvalue weighted by atomic mass is 32.2. The Morgan fingerprint density at radius 2 is 2.04 bits per heavy atom. The monoisotopic (exact) mass is 334 g/mol. The molecule has 0 saturated carbocycles. The van der Waals surface area contributed by atoms with Gasteiger partial charge in [-0.05, 0) is 20.3 Å². The summed E-state index contributed by atoms with van der Waals surface area (Å²) in [5, 5.41) is 8.30. The first-order valence-corrected chi connectivity index (χ1v) is 8.51. The average molecular weight is 334 g/mol. The van der Waals surface area contributed by atoms with E-state index < -0.39 is 0 Å². The molecule has 0 spiro atoms. The summed E-state index contributed by atoms with van der Waals surface area (Å²) in [6.07, 6.45) is 1.86. The molecule has 0 aliphatic rings. The number of rotatable bonds is 7. The number of nitrogens with zero attached hydrogens (tertiary/aromatic N) is 3. The van der Waals surface area contributed by atoms with Crippen molar-refractivity contribution in [3.63, 3.8) is 0 Å². The lowest BCUT2D eigenvalue weighted by molar-refractivity contribution is -0.142. The van der Waals surface area contributed by atoms with E-state index in [-0.39, 0.29) is 11.2 Å². The first kappa shape index (κ1) is 17.3. The van der Waals surface area contributed by atoms with Crippen LogP contribution in [0.1, 0.15) is 32.3 Å². The molecule has 0 fully saturated rings. The number of carbonyl (C=O) groups is 1. The van der Waals surface area contributed by atoms with Crippen molar-refractivity contribution in [1.29, 1.82) is 0 Å². The van der Waals surface area contributed by atoms with Crippen LogP contribution in [0.3, 0.4) is 0 Å². The molecule has 1 aromatic carbocycles.